The molecule has 4 amide bonds. The average Bonchev–Trinajstić information content (AvgIpc) is 2.91. The Kier molecular flexibility index (Phi) is 5.91. The molecular formula is C11H18N4O6. The highest BCUT2D eigenvalue weighted by Gasteiger charge is 2.32. The lowest BCUT2D eigenvalue weighted by atomic mass is 10.2. The molecule has 2 atom stereocenters. The number of nitrogens with two attached hydrogens (primary N) is 1. The van der Waals surface area contributed by atoms with Gasteiger partial charge >= 0.3 is 6.09 Å². The molecule has 118 valence electrons. The predicted molar refractivity (Wildman–Crippen MR) is 69.0 cm³/mol. The summed E-state index contributed by atoms with van der Waals surface area (Å²) in [5.74, 6) is -1.92. The van der Waals surface area contributed by atoms with Crippen molar-refractivity contribution >= 4 is 23.8 Å². The van der Waals surface area contributed by atoms with Gasteiger partial charge in [-0.2, -0.15) is 0 Å². The van der Waals surface area contributed by atoms with Gasteiger partial charge in [0, 0.05) is 6.54 Å². The summed E-state index contributed by atoms with van der Waals surface area (Å²) in [6.45, 7) is -0.764. The quantitative estimate of drug-likeness (QED) is 0.356. The number of nitrogens with zero attached hydrogens (tertiary/aromatic N) is 1. The zero-order valence-corrected chi connectivity index (χ0v) is 11.2. The second kappa shape index (κ2) is 7.43. The number of nitrogens with one attached hydrogen (secondary N) is 2. The molecule has 1 heterocycles. The number of hydrogen-bond acceptors (Lipinski definition) is 5. The Morgan fingerprint density at radius 1 is 1.33 bits per heavy atom. The molecule has 0 radical (unpaired) electrons. The first-order chi connectivity index (χ1) is 9.86. The zero-order chi connectivity index (χ0) is 16.0. The average molecular weight is 302 g/mol. The Balaban J connectivity index is 2.50. The van der Waals surface area contributed by atoms with Crippen molar-refractivity contribution in [2.24, 2.45) is 5.73 Å². The Morgan fingerprint density at radius 3 is 2.52 bits per heavy atom. The van der Waals surface area contributed by atoms with Crippen LogP contribution in [0.1, 0.15) is 12.8 Å². The molecule has 0 bridgehead atoms. The van der Waals surface area contributed by atoms with Crippen molar-refractivity contribution in [2.75, 3.05) is 19.7 Å². The maximum atomic E-state index is 11.9. The Bertz CT molecular complexity index is 440. The molecule has 10 heteroatoms. The van der Waals surface area contributed by atoms with Gasteiger partial charge in [0.05, 0.1) is 13.2 Å². The third-order valence-corrected chi connectivity index (χ3v) is 3.11. The zero-order valence-electron chi connectivity index (χ0n) is 11.2. The van der Waals surface area contributed by atoms with E-state index in [-0.39, 0.29) is 0 Å². The molecule has 0 spiro atoms. The van der Waals surface area contributed by atoms with Crippen molar-refractivity contribution in [3.63, 3.8) is 0 Å². The molecule has 0 aliphatic carbocycles. The van der Waals surface area contributed by atoms with Gasteiger partial charge in [0.2, 0.25) is 17.7 Å². The SMILES string of the molecule is NC(=O)C1CCCN1C(=O)CNC(=O)[C@H](CO)NC(=O)O. The molecular weight excluding hydrogens is 284 g/mol. The summed E-state index contributed by atoms with van der Waals surface area (Å²) in [5.41, 5.74) is 5.18. The fourth-order valence-electron chi connectivity index (χ4n) is 2.09. The van der Waals surface area contributed by atoms with E-state index < -0.39 is 49.1 Å². The van der Waals surface area contributed by atoms with E-state index in [1.54, 1.807) is 5.32 Å². The van der Waals surface area contributed by atoms with Crippen molar-refractivity contribution in [1.29, 1.82) is 0 Å². The summed E-state index contributed by atoms with van der Waals surface area (Å²) in [5, 5.41) is 21.4. The second-order valence-electron chi connectivity index (χ2n) is 4.55. The van der Waals surface area contributed by atoms with E-state index in [1.165, 1.54) is 4.90 Å². The van der Waals surface area contributed by atoms with Crippen LogP contribution in [0.2, 0.25) is 0 Å². The summed E-state index contributed by atoms with van der Waals surface area (Å²) in [7, 11) is 0. The van der Waals surface area contributed by atoms with Crippen LogP contribution >= 0.6 is 0 Å². The Morgan fingerprint density at radius 2 is 2.00 bits per heavy atom. The summed E-state index contributed by atoms with van der Waals surface area (Å²) < 4.78 is 0. The van der Waals surface area contributed by atoms with Crippen molar-refractivity contribution < 1.29 is 29.4 Å². The molecule has 0 aromatic carbocycles. The fraction of sp³-hybridized carbons (Fsp3) is 0.636. The molecule has 1 fully saturated rings. The van der Waals surface area contributed by atoms with Crippen LogP contribution in [-0.4, -0.2) is 70.7 Å². The van der Waals surface area contributed by atoms with Gasteiger partial charge in [0.25, 0.3) is 0 Å². The Hall–Kier alpha value is -2.36. The largest absolute Gasteiger partial charge is 0.465 e. The lowest BCUT2D eigenvalue weighted by Gasteiger charge is -2.22. The third kappa shape index (κ3) is 4.60. The monoisotopic (exact) mass is 302 g/mol. The van der Waals surface area contributed by atoms with E-state index >= 15 is 0 Å². The standard InChI is InChI=1S/C11H18N4O6/c12-9(18)7-2-1-3-15(7)8(17)4-13-10(19)6(5-16)14-11(20)21/h6-7,14,16H,1-5H2,(H2,12,18)(H,13,19)(H,20,21)/t6-,7?/m0/s1. The van der Waals surface area contributed by atoms with E-state index in [2.05, 4.69) is 5.32 Å². The smallest absolute Gasteiger partial charge is 0.405 e. The maximum Gasteiger partial charge on any atom is 0.405 e. The topological polar surface area (TPSA) is 162 Å². The van der Waals surface area contributed by atoms with Crippen molar-refractivity contribution in [2.45, 2.75) is 24.9 Å². The predicted octanol–water partition coefficient (Wildman–Crippen LogP) is -2.79. The minimum atomic E-state index is -1.47. The normalized spacial score (nSPS) is 18.9. The van der Waals surface area contributed by atoms with Crippen LogP contribution < -0.4 is 16.4 Å². The van der Waals surface area contributed by atoms with E-state index in [9.17, 15) is 19.2 Å². The van der Waals surface area contributed by atoms with Crippen LogP contribution in [0.5, 0.6) is 0 Å². The summed E-state index contributed by atoms with van der Waals surface area (Å²) in [6.07, 6.45) is -0.342. The number of aliphatic hydroxyl groups is 1. The fourth-order valence-corrected chi connectivity index (χ4v) is 2.09. The van der Waals surface area contributed by atoms with Gasteiger partial charge in [-0.3, -0.25) is 14.4 Å². The molecule has 1 aliphatic heterocycles. The van der Waals surface area contributed by atoms with Gasteiger partial charge < -0.3 is 31.5 Å². The summed E-state index contributed by atoms with van der Waals surface area (Å²) in [6, 6.07) is -2.04. The number of primary amides is 1. The first-order valence-electron chi connectivity index (χ1n) is 6.33. The van der Waals surface area contributed by atoms with Gasteiger partial charge in [-0.15, -0.1) is 0 Å². The molecule has 1 rings (SSSR count). The van der Waals surface area contributed by atoms with Crippen LogP contribution in [0.15, 0.2) is 0 Å². The van der Waals surface area contributed by atoms with Crippen LogP contribution in [0.25, 0.3) is 0 Å². The van der Waals surface area contributed by atoms with Crippen molar-refractivity contribution in [3.8, 4) is 0 Å². The van der Waals surface area contributed by atoms with Crippen LogP contribution in [0.3, 0.4) is 0 Å². The van der Waals surface area contributed by atoms with E-state index in [0.717, 1.165) is 0 Å². The van der Waals surface area contributed by atoms with Crippen LogP contribution in [0, 0.1) is 0 Å². The van der Waals surface area contributed by atoms with E-state index in [1.807, 2.05) is 0 Å². The van der Waals surface area contributed by atoms with Crippen LogP contribution in [0.4, 0.5) is 4.79 Å². The number of likely N-dealkylation sites (tertiary alicyclic amines) is 1. The van der Waals surface area contributed by atoms with Crippen LogP contribution in [-0.2, 0) is 14.4 Å². The number of hydrogen-bond donors (Lipinski definition) is 5. The minimum absolute atomic E-state index is 0.374. The van der Waals surface area contributed by atoms with Crippen molar-refractivity contribution in [3.05, 3.63) is 0 Å². The maximum absolute atomic E-state index is 11.9. The molecule has 0 aromatic heterocycles. The lowest BCUT2D eigenvalue weighted by molar-refractivity contribution is -0.137. The van der Waals surface area contributed by atoms with Gasteiger partial charge in [0.15, 0.2) is 0 Å². The number of rotatable bonds is 6. The molecule has 10 nitrogen and oxygen atoms in total. The van der Waals surface area contributed by atoms with E-state index in [4.69, 9.17) is 15.9 Å². The lowest BCUT2D eigenvalue weighted by Crippen LogP contribution is -2.52. The van der Waals surface area contributed by atoms with Gasteiger partial charge in [-0.05, 0) is 12.8 Å². The first-order valence-corrected chi connectivity index (χ1v) is 6.33. The van der Waals surface area contributed by atoms with Gasteiger partial charge in [-0.1, -0.05) is 0 Å². The molecule has 6 N–H and O–H groups in total. The highest BCUT2D eigenvalue weighted by Crippen LogP contribution is 2.16. The number of amides is 4. The second-order valence-corrected chi connectivity index (χ2v) is 4.55. The molecule has 21 heavy (non-hydrogen) atoms. The first kappa shape index (κ1) is 16.7. The summed E-state index contributed by atoms with van der Waals surface area (Å²) in [4.78, 5) is 46.3. The number of carbonyl (C=O) groups excluding carboxylic acids is 3. The summed E-state index contributed by atoms with van der Waals surface area (Å²) >= 11 is 0. The third-order valence-electron chi connectivity index (χ3n) is 3.11. The van der Waals surface area contributed by atoms with Gasteiger partial charge in [-0.25, -0.2) is 4.79 Å². The molecule has 1 unspecified atom stereocenters. The minimum Gasteiger partial charge on any atom is -0.465 e. The molecule has 0 saturated carbocycles. The van der Waals surface area contributed by atoms with Gasteiger partial charge in [0.1, 0.15) is 12.1 Å². The van der Waals surface area contributed by atoms with E-state index in [0.29, 0.717) is 19.4 Å². The highest BCUT2D eigenvalue weighted by atomic mass is 16.4. The highest BCUT2D eigenvalue weighted by molar-refractivity contribution is 5.91. The Labute approximate surface area is 120 Å². The molecule has 0 aromatic rings. The number of aliphatic hydroxyl groups excluding tert-OH is 1. The van der Waals surface area contributed by atoms with Crippen molar-refractivity contribution in [1.82, 2.24) is 15.5 Å². The number of carboxylic acid groups (broad SMARTS) is 1. The molecule has 1 aliphatic rings. The number of carbonyl (C=O) groups is 4. The molecule has 1 saturated heterocycles.